The second-order valence-corrected chi connectivity index (χ2v) is 6.82. The lowest BCUT2D eigenvalue weighted by Crippen LogP contribution is -2.38. The zero-order chi connectivity index (χ0) is 17.6. The fraction of sp³-hybridized carbons (Fsp3) is 0.381. The predicted molar refractivity (Wildman–Crippen MR) is 95.8 cm³/mol. The number of carboxylic acids is 1. The molecular weight excluding hydrogens is 317 g/mol. The maximum atomic E-state index is 14.3. The molecule has 1 aliphatic carbocycles. The second-order valence-electron chi connectivity index (χ2n) is 6.82. The van der Waals surface area contributed by atoms with Crippen LogP contribution in [0.25, 0.3) is 0 Å². The van der Waals surface area contributed by atoms with Gasteiger partial charge in [-0.05, 0) is 43.7 Å². The predicted octanol–water partition coefficient (Wildman–Crippen LogP) is 4.34. The van der Waals surface area contributed by atoms with E-state index in [0.717, 1.165) is 18.4 Å². The number of aliphatic carboxylic acids is 1. The Bertz CT molecular complexity index is 696. The van der Waals surface area contributed by atoms with Gasteiger partial charge in [-0.3, -0.25) is 4.79 Å². The molecule has 0 aliphatic heterocycles. The Balaban J connectivity index is 1.73. The summed E-state index contributed by atoms with van der Waals surface area (Å²) in [5, 5.41) is 12.7. The van der Waals surface area contributed by atoms with Gasteiger partial charge < -0.3 is 10.4 Å². The van der Waals surface area contributed by atoms with Crippen LogP contribution in [0.15, 0.2) is 54.6 Å². The summed E-state index contributed by atoms with van der Waals surface area (Å²) in [5.41, 5.74) is 1.83. The van der Waals surface area contributed by atoms with Crippen molar-refractivity contribution in [3.05, 3.63) is 71.5 Å². The molecule has 2 aromatic carbocycles. The van der Waals surface area contributed by atoms with Gasteiger partial charge in [-0.2, -0.15) is 0 Å². The minimum absolute atomic E-state index is 0.116. The van der Waals surface area contributed by atoms with Crippen LogP contribution in [0.5, 0.6) is 0 Å². The third-order valence-electron chi connectivity index (χ3n) is 5.08. The highest BCUT2D eigenvalue weighted by molar-refractivity contribution is 5.70. The number of nitrogens with one attached hydrogen (secondary N) is 1. The second kappa shape index (κ2) is 8.26. The van der Waals surface area contributed by atoms with Gasteiger partial charge in [-0.15, -0.1) is 0 Å². The van der Waals surface area contributed by atoms with E-state index in [2.05, 4.69) is 17.4 Å². The van der Waals surface area contributed by atoms with E-state index >= 15 is 0 Å². The maximum Gasteiger partial charge on any atom is 0.306 e. The van der Waals surface area contributed by atoms with Crippen molar-refractivity contribution in [1.82, 2.24) is 5.32 Å². The molecule has 1 saturated carbocycles. The molecule has 0 radical (unpaired) electrons. The Hall–Kier alpha value is -2.20. The molecule has 0 aromatic heterocycles. The normalized spacial score (nSPS) is 21.6. The van der Waals surface area contributed by atoms with Gasteiger partial charge in [-0.25, -0.2) is 4.39 Å². The smallest absolute Gasteiger partial charge is 0.306 e. The van der Waals surface area contributed by atoms with Crippen molar-refractivity contribution in [1.29, 1.82) is 0 Å². The molecule has 132 valence electrons. The van der Waals surface area contributed by atoms with Gasteiger partial charge in [0.1, 0.15) is 5.82 Å². The summed E-state index contributed by atoms with van der Waals surface area (Å²) >= 11 is 0. The summed E-state index contributed by atoms with van der Waals surface area (Å²) in [5.74, 6) is -1.14. The fourth-order valence-corrected chi connectivity index (χ4v) is 3.66. The molecule has 0 amide bonds. The fourth-order valence-electron chi connectivity index (χ4n) is 3.66. The Morgan fingerprint density at radius 3 is 2.32 bits per heavy atom. The summed E-state index contributed by atoms with van der Waals surface area (Å²) in [7, 11) is 0. The molecule has 1 fully saturated rings. The standard InChI is InChI=1S/C21H24FNO2/c22-19-9-5-4-8-18(19)20(14-15-6-2-1-3-7-15)23-17-12-10-16(11-13-17)21(24)25/h1-9,16-17,20,23H,10-14H2,(H,24,25). The molecule has 1 unspecified atom stereocenters. The van der Waals surface area contributed by atoms with E-state index in [-0.39, 0.29) is 23.8 Å². The van der Waals surface area contributed by atoms with Crippen molar-refractivity contribution in [2.75, 3.05) is 0 Å². The van der Waals surface area contributed by atoms with Crippen LogP contribution in [0.2, 0.25) is 0 Å². The highest BCUT2D eigenvalue weighted by Crippen LogP contribution is 2.28. The summed E-state index contributed by atoms with van der Waals surface area (Å²) in [6.07, 6.45) is 3.71. The van der Waals surface area contributed by atoms with Gasteiger partial charge in [0.05, 0.1) is 5.92 Å². The van der Waals surface area contributed by atoms with E-state index in [0.29, 0.717) is 24.8 Å². The van der Waals surface area contributed by atoms with Crippen molar-refractivity contribution >= 4 is 5.97 Å². The summed E-state index contributed by atoms with van der Waals surface area (Å²) in [6, 6.07) is 17.1. The minimum atomic E-state index is -0.701. The van der Waals surface area contributed by atoms with E-state index < -0.39 is 5.97 Å². The van der Waals surface area contributed by atoms with Crippen LogP contribution >= 0.6 is 0 Å². The molecule has 2 N–H and O–H groups in total. The quantitative estimate of drug-likeness (QED) is 0.821. The first kappa shape index (κ1) is 17.6. The van der Waals surface area contributed by atoms with Gasteiger partial charge in [0.25, 0.3) is 0 Å². The maximum absolute atomic E-state index is 14.3. The molecule has 25 heavy (non-hydrogen) atoms. The highest BCUT2D eigenvalue weighted by atomic mass is 19.1. The van der Waals surface area contributed by atoms with Crippen LogP contribution in [0.4, 0.5) is 4.39 Å². The van der Waals surface area contributed by atoms with E-state index in [4.69, 9.17) is 5.11 Å². The van der Waals surface area contributed by atoms with Crippen LogP contribution in [0, 0.1) is 11.7 Å². The molecular formula is C21H24FNO2. The van der Waals surface area contributed by atoms with Crippen molar-refractivity contribution < 1.29 is 14.3 Å². The molecule has 1 atom stereocenters. The molecule has 0 bridgehead atoms. The van der Waals surface area contributed by atoms with Crippen LogP contribution in [0.3, 0.4) is 0 Å². The molecule has 3 nitrogen and oxygen atoms in total. The highest BCUT2D eigenvalue weighted by Gasteiger charge is 2.28. The van der Waals surface area contributed by atoms with Gasteiger partial charge in [0.2, 0.25) is 0 Å². The Morgan fingerprint density at radius 1 is 1.04 bits per heavy atom. The van der Waals surface area contributed by atoms with Crippen molar-refractivity contribution in [3.8, 4) is 0 Å². The molecule has 0 spiro atoms. The lowest BCUT2D eigenvalue weighted by molar-refractivity contribution is -0.142. The number of rotatable bonds is 6. The number of carbonyl (C=O) groups is 1. The largest absolute Gasteiger partial charge is 0.481 e. The third kappa shape index (κ3) is 4.67. The number of hydrogen-bond donors (Lipinski definition) is 2. The van der Waals surface area contributed by atoms with E-state index in [1.807, 2.05) is 30.3 Å². The lowest BCUT2D eigenvalue weighted by Gasteiger charge is -2.31. The van der Waals surface area contributed by atoms with Crippen molar-refractivity contribution in [2.24, 2.45) is 5.92 Å². The first-order valence-electron chi connectivity index (χ1n) is 8.90. The van der Waals surface area contributed by atoms with E-state index in [9.17, 15) is 9.18 Å². The number of benzene rings is 2. The first-order chi connectivity index (χ1) is 12.1. The zero-order valence-corrected chi connectivity index (χ0v) is 14.2. The lowest BCUT2D eigenvalue weighted by atomic mass is 9.85. The van der Waals surface area contributed by atoms with Gasteiger partial charge >= 0.3 is 5.97 Å². The molecule has 0 saturated heterocycles. The number of hydrogen-bond acceptors (Lipinski definition) is 2. The Morgan fingerprint density at radius 2 is 1.68 bits per heavy atom. The molecule has 1 aliphatic rings. The first-order valence-corrected chi connectivity index (χ1v) is 8.90. The van der Waals surface area contributed by atoms with Crippen LogP contribution < -0.4 is 5.32 Å². The van der Waals surface area contributed by atoms with Gasteiger partial charge in [-0.1, -0.05) is 48.5 Å². The molecule has 4 heteroatoms. The van der Waals surface area contributed by atoms with Crippen molar-refractivity contribution in [2.45, 2.75) is 44.2 Å². The number of carboxylic acid groups (broad SMARTS) is 1. The minimum Gasteiger partial charge on any atom is -0.481 e. The third-order valence-corrected chi connectivity index (χ3v) is 5.08. The van der Waals surface area contributed by atoms with Crippen LogP contribution in [-0.2, 0) is 11.2 Å². The zero-order valence-electron chi connectivity index (χ0n) is 14.2. The molecule has 2 aromatic rings. The summed E-state index contributed by atoms with van der Waals surface area (Å²) < 4.78 is 14.3. The summed E-state index contributed by atoms with van der Waals surface area (Å²) in [6.45, 7) is 0. The molecule has 3 rings (SSSR count). The van der Waals surface area contributed by atoms with Crippen molar-refractivity contribution in [3.63, 3.8) is 0 Å². The SMILES string of the molecule is O=C(O)C1CCC(NC(Cc2ccccc2)c2ccccc2F)CC1. The molecule has 0 heterocycles. The van der Waals surface area contributed by atoms with E-state index in [1.165, 1.54) is 6.07 Å². The Labute approximate surface area is 147 Å². The Kier molecular flexibility index (Phi) is 5.82. The van der Waals surface area contributed by atoms with Gasteiger partial charge in [0.15, 0.2) is 0 Å². The monoisotopic (exact) mass is 341 g/mol. The van der Waals surface area contributed by atoms with Crippen LogP contribution in [-0.4, -0.2) is 17.1 Å². The number of halogens is 1. The topological polar surface area (TPSA) is 49.3 Å². The van der Waals surface area contributed by atoms with Crippen LogP contribution in [0.1, 0.15) is 42.9 Å². The average Bonchev–Trinajstić information content (AvgIpc) is 2.63. The average molecular weight is 341 g/mol. The van der Waals surface area contributed by atoms with Gasteiger partial charge in [0, 0.05) is 17.6 Å². The summed E-state index contributed by atoms with van der Waals surface area (Å²) in [4.78, 5) is 11.1. The van der Waals surface area contributed by atoms with E-state index in [1.54, 1.807) is 6.07 Å².